The van der Waals surface area contributed by atoms with E-state index in [1.807, 2.05) is 24.3 Å². The lowest BCUT2D eigenvalue weighted by molar-refractivity contribution is -0.151. The van der Waals surface area contributed by atoms with Crippen LogP contribution in [0, 0.1) is 5.92 Å². The van der Waals surface area contributed by atoms with E-state index in [-0.39, 0.29) is 24.3 Å². The number of ether oxygens (including phenoxy) is 2. The molecule has 2 aliphatic rings. The molecular formula is C20H23N3O4. The van der Waals surface area contributed by atoms with Crippen molar-refractivity contribution in [2.24, 2.45) is 5.92 Å². The molecule has 1 amide bonds. The Bertz CT molecular complexity index is 861. The molecule has 0 saturated carbocycles. The van der Waals surface area contributed by atoms with Crippen molar-refractivity contribution in [3.05, 3.63) is 36.0 Å². The van der Waals surface area contributed by atoms with Crippen LogP contribution in [0.15, 0.2) is 30.5 Å². The SMILES string of the molecule is CCOC(=O)C1CCCN(C(=O)Cn2ncc3c2-c2ccccc2OC3)C1. The van der Waals surface area contributed by atoms with E-state index in [2.05, 4.69) is 5.10 Å². The number of amides is 1. The van der Waals surface area contributed by atoms with Gasteiger partial charge in [-0.15, -0.1) is 0 Å². The van der Waals surface area contributed by atoms with Crippen molar-refractivity contribution in [2.45, 2.75) is 32.9 Å². The van der Waals surface area contributed by atoms with Crippen molar-refractivity contribution in [3.63, 3.8) is 0 Å². The smallest absolute Gasteiger partial charge is 0.310 e. The van der Waals surface area contributed by atoms with Crippen LogP contribution in [0.4, 0.5) is 0 Å². The zero-order valence-corrected chi connectivity index (χ0v) is 15.4. The van der Waals surface area contributed by atoms with Gasteiger partial charge in [0, 0.05) is 24.2 Å². The normalized spacial score (nSPS) is 18.3. The number of carbonyl (C=O) groups excluding carboxylic acids is 2. The number of aromatic nitrogens is 2. The average molecular weight is 369 g/mol. The van der Waals surface area contributed by atoms with Gasteiger partial charge in [0.1, 0.15) is 18.9 Å². The Kier molecular flexibility index (Phi) is 4.83. The lowest BCUT2D eigenvalue weighted by Crippen LogP contribution is -2.44. The fraction of sp³-hybridized carbons (Fsp3) is 0.450. The van der Waals surface area contributed by atoms with Crippen LogP contribution in [0.3, 0.4) is 0 Å². The highest BCUT2D eigenvalue weighted by Crippen LogP contribution is 2.37. The summed E-state index contributed by atoms with van der Waals surface area (Å²) in [5, 5.41) is 4.41. The van der Waals surface area contributed by atoms with Crippen LogP contribution in [-0.2, 0) is 27.5 Å². The first-order valence-corrected chi connectivity index (χ1v) is 9.38. The Morgan fingerprint density at radius 2 is 2.19 bits per heavy atom. The molecule has 27 heavy (non-hydrogen) atoms. The molecule has 2 aliphatic heterocycles. The van der Waals surface area contributed by atoms with Crippen LogP contribution in [-0.4, -0.2) is 46.3 Å². The molecule has 0 N–H and O–H groups in total. The van der Waals surface area contributed by atoms with Gasteiger partial charge in [0.2, 0.25) is 5.91 Å². The molecule has 7 heteroatoms. The van der Waals surface area contributed by atoms with Crippen molar-refractivity contribution in [1.29, 1.82) is 0 Å². The van der Waals surface area contributed by atoms with Gasteiger partial charge in [-0.1, -0.05) is 12.1 Å². The number of piperidine rings is 1. The molecule has 1 aromatic heterocycles. The lowest BCUT2D eigenvalue weighted by Gasteiger charge is -2.31. The second-order valence-electron chi connectivity index (χ2n) is 6.89. The molecule has 142 valence electrons. The van der Waals surface area contributed by atoms with Gasteiger partial charge in [-0.05, 0) is 31.9 Å². The second-order valence-corrected chi connectivity index (χ2v) is 6.89. The topological polar surface area (TPSA) is 73.7 Å². The van der Waals surface area contributed by atoms with E-state index in [1.165, 1.54) is 0 Å². The Hall–Kier alpha value is -2.83. The first-order valence-electron chi connectivity index (χ1n) is 9.38. The van der Waals surface area contributed by atoms with Gasteiger partial charge in [-0.25, -0.2) is 0 Å². The number of carbonyl (C=O) groups is 2. The van der Waals surface area contributed by atoms with Crippen molar-refractivity contribution in [2.75, 3.05) is 19.7 Å². The van der Waals surface area contributed by atoms with E-state index in [9.17, 15) is 9.59 Å². The zero-order chi connectivity index (χ0) is 18.8. The summed E-state index contributed by atoms with van der Waals surface area (Å²) in [4.78, 5) is 26.6. The molecule has 0 radical (unpaired) electrons. The van der Waals surface area contributed by atoms with Crippen molar-refractivity contribution in [1.82, 2.24) is 14.7 Å². The summed E-state index contributed by atoms with van der Waals surface area (Å²) in [7, 11) is 0. The number of hydrogen-bond donors (Lipinski definition) is 0. The summed E-state index contributed by atoms with van der Waals surface area (Å²) in [5.74, 6) is 0.333. The summed E-state index contributed by atoms with van der Waals surface area (Å²) in [5.41, 5.74) is 2.86. The molecule has 7 nitrogen and oxygen atoms in total. The molecule has 1 unspecified atom stereocenters. The van der Waals surface area contributed by atoms with Gasteiger partial charge in [0.05, 0.1) is 24.4 Å². The molecule has 1 aromatic carbocycles. The number of para-hydroxylation sites is 1. The first-order chi connectivity index (χ1) is 13.2. The summed E-state index contributed by atoms with van der Waals surface area (Å²) < 4.78 is 12.6. The van der Waals surface area contributed by atoms with Gasteiger partial charge < -0.3 is 14.4 Å². The molecule has 1 fully saturated rings. The molecule has 3 heterocycles. The fourth-order valence-electron chi connectivity index (χ4n) is 3.79. The molecule has 2 aromatic rings. The fourth-order valence-corrected chi connectivity index (χ4v) is 3.79. The van der Waals surface area contributed by atoms with Crippen LogP contribution >= 0.6 is 0 Å². The maximum atomic E-state index is 12.9. The molecule has 0 spiro atoms. The minimum Gasteiger partial charge on any atom is -0.488 e. The third-order valence-corrected chi connectivity index (χ3v) is 5.12. The zero-order valence-electron chi connectivity index (χ0n) is 15.4. The highest BCUT2D eigenvalue weighted by Gasteiger charge is 2.30. The van der Waals surface area contributed by atoms with Gasteiger partial charge in [-0.3, -0.25) is 14.3 Å². The van der Waals surface area contributed by atoms with Crippen molar-refractivity contribution >= 4 is 11.9 Å². The molecular weight excluding hydrogens is 346 g/mol. The van der Waals surface area contributed by atoms with Gasteiger partial charge in [0.15, 0.2) is 0 Å². The monoisotopic (exact) mass is 369 g/mol. The number of benzene rings is 1. The standard InChI is InChI=1S/C20H23N3O4/c1-2-26-20(25)14-6-5-9-22(11-14)18(24)12-23-19-15(10-21-23)13-27-17-8-4-3-7-16(17)19/h3-4,7-8,10,14H,2,5-6,9,11-13H2,1H3. The van der Waals surface area contributed by atoms with Gasteiger partial charge in [-0.2, -0.15) is 5.10 Å². The Labute approximate surface area is 157 Å². The highest BCUT2D eigenvalue weighted by molar-refractivity contribution is 5.80. The number of hydrogen-bond acceptors (Lipinski definition) is 5. The van der Waals surface area contributed by atoms with E-state index in [0.717, 1.165) is 35.4 Å². The maximum Gasteiger partial charge on any atom is 0.310 e. The number of fused-ring (bicyclic) bond motifs is 3. The Morgan fingerprint density at radius 3 is 3.04 bits per heavy atom. The van der Waals surface area contributed by atoms with E-state index in [4.69, 9.17) is 9.47 Å². The van der Waals surface area contributed by atoms with Crippen molar-refractivity contribution in [3.8, 4) is 17.0 Å². The predicted octanol–water partition coefficient (Wildman–Crippen LogP) is 2.24. The predicted molar refractivity (Wildman–Crippen MR) is 97.9 cm³/mol. The molecule has 1 saturated heterocycles. The van der Waals surface area contributed by atoms with E-state index >= 15 is 0 Å². The summed E-state index contributed by atoms with van der Waals surface area (Å²) >= 11 is 0. The number of likely N-dealkylation sites (tertiary alicyclic amines) is 1. The van der Waals surface area contributed by atoms with Gasteiger partial charge in [0.25, 0.3) is 0 Å². The van der Waals surface area contributed by atoms with Gasteiger partial charge >= 0.3 is 5.97 Å². The minimum absolute atomic E-state index is 0.0288. The average Bonchev–Trinajstić information content (AvgIpc) is 3.11. The third-order valence-electron chi connectivity index (χ3n) is 5.12. The number of esters is 1. The Morgan fingerprint density at radius 1 is 1.33 bits per heavy atom. The van der Waals surface area contributed by atoms with E-state index in [1.54, 1.807) is 22.7 Å². The lowest BCUT2D eigenvalue weighted by atomic mass is 9.98. The molecule has 1 atom stereocenters. The summed E-state index contributed by atoms with van der Waals surface area (Å²) in [6.07, 6.45) is 3.34. The number of rotatable bonds is 4. The minimum atomic E-state index is -0.233. The molecule has 4 rings (SSSR count). The van der Waals surface area contributed by atoms with Crippen LogP contribution in [0.1, 0.15) is 25.3 Å². The largest absolute Gasteiger partial charge is 0.488 e. The van der Waals surface area contributed by atoms with Crippen molar-refractivity contribution < 1.29 is 19.1 Å². The van der Waals surface area contributed by atoms with Crippen LogP contribution in [0.2, 0.25) is 0 Å². The van der Waals surface area contributed by atoms with E-state index in [0.29, 0.717) is 26.3 Å². The summed E-state index contributed by atoms with van der Waals surface area (Å²) in [6.45, 7) is 3.85. The number of nitrogens with zero attached hydrogens (tertiary/aromatic N) is 3. The third kappa shape index (κ3) is 3.41. The summed E-state index contributed by atoms with van der Waals surface area (Å²) in [6, 6.07) is 7.78. The maximum absolute atomic E-state index is 12.9. The van der Waals surface area contributed by atoms with Crippen LogP contribution < -0.4 is 4.74 Å². The first kappa shape index (κ1) is 17.6. The quantitative estimate of drug-likeness (QED) is 0.773. The van der Waals surface area contributed by atoms with Crippen LogP contribution in [0.25, 0.3) is 11.3 Å². The van der Waals surface area contributed by atoms with Crippen LogP contribution in [0.5, 0.6) is 5.75 Å². The molecule has 0 bridgehead atoms. The Balaban J connectivity index is 1.50. The van der Waals surface area contributed by atoms with E-state index < -0.39 is 0 Å². The highest BCUT2D eigenvalue weighted by atomic mass is 16.5. The second kappa shape index (κ2) is 7.42. The molecule has 0 aliphatic carbocycles.